The Balaban J connectivity index is 1.48. The molecule has 3 aromatic carbocycles. The number of ether oxygens (including phenoxy) is 4. The smallest absolute Gasteiger partial charge is 0.338 e. The molecule has 1 saturated heterocycles. The number of imidazole rings is 1. The molecular weight excluding hydrogens is 626 g/mol. The summed E-state index contributed by atoms with van der Waals surface area (Å²) in [6.07, 6.45) is -0.973. The topological polar surface area (TPSA) is 158 Å². The molecule has 238 valence electrons. The monoisotopic (exact) mass is 653 g/mol. The molecule has 0 bridgehead atoms. The van der Waals surface area contributed by atoms with Crippen LogP contribution in [0.15, 0.2) is 110 Å². The highest BCUT2D eigenvalue weighted by Gasteiger charge is 2.63. The van der Waals surface area contributed by atoms with E-state index < -0.39 is 41.9 Å². The van der Waals surface area contributed by atoms with Crippen LogP contribution >= 0.6 is 11.6 Å². The summed E-state index contributed by atoms with van der Waals surface area (Å²) in [6.45, 7) is 3.52. The highest BCUT2D eigenvalue weighted by Crippen LogP contribution is 2.47. The predicted molar refractivity (Wildman–Crippen MR) is 170 cm³/mol. The lowest BCUT2D eigenvalue weighted by Crippen LogP contribution is -2.52. The molecule has 6 rings (SSSR count). The largest absolute Gasteiger partial charge is 0.459 e. The molecule has 1 aliphatic heterocycles. The Hall–Kier alpha value is -5.59. The maximum atomic E-state index is 13.8. The number of nitrogen functional groups attached to an aromatic ring is 1. The number of aromatic nitrogens is 4. The molecule has 1 fully saturated rings. The van der Waals surface area contributed by atoms with Crippen LogP contribution in [0, 0.1) is 0 Å². The molecule has 0 radical (unpaired) electrons. The van der Waals surface area contributed by atoms with Gasteiger partial charge in [0.15, 0.2) is 28.7 Å². The molecule has 3 unspecified atom stereocenters. The van der Waals surface area contributed by atoms with Crippen molar-refractivity contribution in [1.82, 2.24) is 19.5 Å². The standard InChI is InChI=1S/C34H28ClN5O7/c1-2-18-34(47-31(43)23-16-10-5-11-17-23)26(46-30(42)22-14-8-4-9-15-22)24(19-44-29(41)21-12-6-3-7-13-21)45-32(34)40-20-37-25-27(35)38-33(36)39-28(25)40/h2-17,20,24,26,32H,1,18-19H2,(H2,36,38,39)/t24?,26?,32?,34-/m1/s1. The van der Waals surface area contributed by atoms with Gasteiger partial charge >= 0.3 is 17.9 Å². The van der Waals surface area contributed by atoms with Gasteiger partial charge in [0, 0.05) is 6.42 Å². The van der Waals surface area contributed by atoms with E-state index in [0.29, 0.717) is 5.56 Å². The van der Waals surface area contributed by atoms with Crippen molar-refractivity contribution in [2.75, 3.05) is 12.3 Å². The van der Waals surface area contributed by atoms with Gasteiger partial charge in [-0.05, 0) is 36.4 Å². The molecule has 12 nitrogen and oxygen atoms in total. The lowest BCUT2D eigenvalue weighted by Gasteiger charge is -2.37. The van der Waals surface area contributed by atoms with Gasteiger partial charge in [-0.15, -0.1) is 6.58 Å². The lowest BCUT2D eigenvalue weighted by atomic mass is 9.89. The van der Waals surface area contributed by atoms with Crippen molar-refractivity contribution in [3.8, 4) is 0 Å². The van der Waals surface area contributed by atoms with Gasteiger partial charge in [0.1, 0.15) is 18.2 Å². The van der Waals surface area contributed by atoms with Gasteiger partial charge in [0.2, 0.25) is 5.95 Å². The maximum absolute atomic E-state index is 13.8. The fourth-order valence-corrected chi connectivity index (χ4v) is 5.67. The first kappa shape index (κ1) is 31.4. The number of nitrogens with zero attached hydrogens (tertiary/aromatic N) is 4. The second kappa shape index (κ2) is 13.4. The van der Waals surface area contributed by atoms with E-state index in [4.69, 9.17) is 36.3 Å². The molecule has 0 aliphatic carbocycles. The van der Waals surface area contributed by atoms with Crippen LogP contribution in [0.3, 0.4) is 0 Å². The van der Waals surface area contributed by atoms with Crippen molar-refractivity contribution in [3.05, 3.63) is 132 Å². The summed E-state index contributed by atoms with van der Waals surface area (Å²) in [7, 11) is 0. The molecule has 1 aliphatic rings. The predicted octanol–water partition coefficient (Wildman–Crippen LogP) is 5.21. The van der Waals surface area contributed by atoms with Crippen LogP contribution in [-0.2, 0) is 18.9 Å². The van der Waals surface area contributed by atoms with Gasteiger partial charge in [-0.3, -0.25) is 4.57 Å². The first-order valence-electron chi connectivity index (χ1n) is 14.5. The van der Waals surface area contributed by atoms with Crippen molar-refractivity contribution in [2.24, 2.45) is 0 Å². The van der Waals surface area contributed by atoms with Crippen LogP contribution in [0.25, 0.3) is 11.2 Å². The highest BCUT2D eigenvalue weighted by atomic mass is 35.5. The van der Waals surface area contributed by atoms with Gasteiger partial charge in [-0.1, -0.05) is 72.3 Å². The van der Waals surface area contributed by atoms with Crippen LogP contribution in [0.1, 0.15) is 43.7 Å². The third-order valence-corrected chi connectivity index (χ3v) is 7.84. The van der Waals surface area contributed by atoms with Crippen molar-refractivity contribution >= 4 is 46.6 Å². The summed E-state index contributed by atoms with van der Waals surface area (Å²) in [4.78, 5) is 53.1. The molecule has 2 N–H and O–H groups in total. The fraction of sp³-hybridized carbons (Fsp3) is 0.176. The minimum Gasteiger partial charge on any atom is -0.459 e. The van der Waals surface area contributed by atoms with Crippen molar-refractivity contribution in [2.45, 2.75) is 30.5 Å². The van der Waals surface area contributed by atoms with Gasteiger partial charge in [-0.2, -0.15) is 9.97 Å². The number of carbonyl (C=O) groups is 3. The first-order chi connectivity index (χ1) is 22.8. The van der Waals surface area contributed by atoms with Gasteiger partial charge in [0.25, 0.3) is 0 Å². The van der Waals surface area contributed by atoms with E-state index >= 15 is 0 Å². The number of nitrogens with two attached hydrogens (primary N) is 1. The number of hydrogen-bond acceptors (Lipinski definition) is 11. The summed E-state index contributed by atoms with van der Waals surface area (Å²) in [5.41, 5.74) is 5.26. The minimum atomic E-state index is -1.80. The highest BCUT2D eigenvalue weighted by molar-refractivity contribution is 6.33. The Bertz CT molecular complexity index is 1920. The van der Waals surface area contributed by atoms with E-state index in [1.54, 1.807) is 91.0 Å². The van der Waals surface area contributed by atoms with Crippen molar-refractivity contribution in [3.63, 3.8) is 0 Å². The third kappa shape index (κ3) is 6.28. The van der Waals surface area contributed by atoms with E-state index in [9.17, 15) is 14.4 Å². The maximum Gasteiger partial charge on any atom is 0.338 e. The first-order valence-corrected chi connectivity index (χ1v) is 14.9. The molecular formula is C34H28ClN5O7. The zero-order valence-electron chi connectivity index (χ0n) is 24.8. The summed E-state index contributed by atoms with van der Waals surface area (Å²) in [6, 6.07) is 24.9. The zero-order valence-corrected chi connectivity index (χ0v) is 25.5. The Morgan fingerprint density at radius 3 is 2.06 bits per heavy atom. The second-order valence-corrected chi connectivity index (χ2v) is 10.9. The number of benzene rings is 3. The van der Waals surface area contributed by atoms with Crippen molar-refractivity contribution < 1.29 is 33.3 Å². The Kier molecular flexibility index (Phi) is 8.96. The van der Waals surface area contributed by atoms with E-state index in [2.05, 4.69) is 21.5 Å². The SMILES string of the molecule is C=CC[C@@]1(OC(=O)c2ccccc2)C(OC(=O)c2ccccc2)C(COC(=O)c2ccccc2)OC1n1cnc2c(Cl)nc(N)nc21. The van der Waals surface area contributed by atoms with E-state index in [1.165, 1.54) is 17.0 Å². The molecule has 47 heavy (non-hydrogen) atoms. The Morgan fingerprint density at radius 2 is 1.47 bits per heavy atom. The molecule has 5 aromatic rings. The fourth-order valence-electron chi connectivity index (χ4n) is 5.45. The number of fused-ring (bicyclic) bond motifs is 1. The van der Waals surface area contributed by atoms with E-state index in [1.807, 2.05) is 0 Å². The number of hydrogen-bond donors (Lipinski definition) is 1. The second-order valence-electron chi connectivity index (χ2n) is 10.6. The van der Waals surface area contributed by atoms with Gasteiger partial charge < -0.3 is 24.7 Å². The lowest BCUT2D eigenvalue weighted by molar-refractivity contribution is -0.117. The van der Waals surface area contributed by atoms with Crippen LogP contribution < -0.4 is 5.73 Å². The molecule has 2 aromatic heterocycles. The van der Waals surface area contributed by atoms with Gasteiger partial charge in [-0.25, -0.2) is 19.4 Å². The number of halogens is 1. The summed E-state index contributed by atoms with van der Waals surface area (Å²) in [5, 5.41) is -0.0137. The molecule has 0 spiro atoms. The van der Waals surface area contributed by atoms with Crippen LogP contribution in [0.5, 0.6) is 0 Å². The average molecular weight is 654 g/mol. The van der Waals surface area contributed by atoms with Crippen LogP contribution in [0.2, 0.25) is 5.15 Å². The molecule has 13 heteroatoms. The molecule has 4 atom stereocenters. The van der Waals surface area contributed by atoms with Crippen molar-refractivity contribution in [1.29, 1.82) is 0 Å². The minimum absolute atomic E-state index is 0.0137. The normalized spacial score (nSPS) is 20.4. The molecule has 3 heterocycles. The number of rotatable bonds is 10. The summed E-state index contributed by atoms with van der Waals surface area (Å²) >= 11 is 6.34. The zero-order chi connectivity index (χ0) is 33.0. The quantitative estimate of drug-likeness (QED) is 0.0912. The van der Waals surface area contributed by atoms with Crippen LogP contribution in [0.4, 0.5) is 5.95 Å². The average Bonchev–Trinajstić information content (AvgIpc) is 3.63. The van der Waals surface area contributed by atoms with Gasteiger partial charge in [0.05, 0.1) is 23.0 Å². The summed E-state index contributed by atoms with van der Waals surface area (Å²) < 4.78 is 26.1. The Labute approximate surface area is 273 Å². The number of esters is 3. The Morgan fingerprint density at radius 1 is 0.894 bits per heavy atom. The summed E-state index contributed by atoms with van der Waals surface area (Å²) in [5.74, 6) is -2.24. The van der Waals surface area contributed by atoms with E-state index in [0.717, 1.165) is 0 Å². The molecule has 0 amide bonds. The number of carbonyl (C=O) groups excluding carboxylic acids is 3. The van der Waals surface area contributed by atoms with Crippen LogP contribution in [-0.4, -0.2) is 61.8 Å². The van der Waals surface area contributed by atoms with E-state index in [-0.39, 0.29) is 46.4 Å². The number of anilines is 1. The molecule has 0 saturated carbocycles. The third-order valence-electron chi connectivity index (χ3n) is 7.58.